The van der Waals surface area contributed by atoms with Crippen LogP contribution in [0.5, 0.6) is 0 Å². The minimum Gasteiger partial charge on any atom is -0.258 e. The SMILES string of the molecule is O=[N+]([O-])c1cc(F)ccc1C(Cl)Cl. The van der Waals surface area contributed by atoms with E-state index < -0.39 is 21.3 Å². The Balaban J connectivity index is 3.27. The van der Waals surface area contributed by atoms with E-state index in [2.05, 4.69) is 0 Å². The largest absolute Gasteiger partial charge is 0.278 e. The van der Waals surface area contributed by atoms with Gasteiger partial charge in [-0.25, -0.2) is 4.39 Å². The highest BCUT2D eigenvalue weighted by atomic mass is 35.5. The molecule has 0 N–H and O–H groups in total. The van der Waals surface area contributed by atoms with Gasteiger partial charge >= 0.3 is 0 Å². The van der Waals surface area contributed by atoms with Gasteiger partial charge in [-0.15, -0.1) is 0 Å². The molecule has 1 aromatic carbocycles. The van der Waals surface area contributed by atoms with Crippen LogP contribution in [0.3, 0.4) is 0 Å². The number of benzene rings is 1. The lowest BCUT2D eigenvalue weighted by Gasteiger charge is -2.02. The monoisotopic (exact) mass is 223 g/mol. The van der Waals surface area contributed by atoms with Gasteiger partial charge in [0.25, 0.3) is 5.69 Å². The fourth-order valence-corrected chi connectivity index (χ4v) is 1.23. The lowest BCUT2D eigenvalue weighted by Crippen LogP contribution is -1.95. The first-order chi connectivity index (χ1) is 6.02. The van der Waals surface area contributed by atoms with E-state index >= 15 is 0 Å². The Morgan fingerprint density at radius 3 is 2.54 bits per heavy atom. The van der Waals surface area contributed by atoms with Gasteiger partial charge in [0, 0.05) is 0 Å². The molecule has 0 bridgehead atoms. The first-order valence-corrected chi connectivity index (χ1v) is 4.11. The van der Waals surface area contributed by atoms with Crippen LogP contribution in [0, 0.1) is 15.9 Å². The molecule has 0 radical (unpaired) electrons. The summed E-state index contributed by atoms with van der Waals surface area (Å²) in [6.07, 6.45) is 0. The van der Waals surface area contributed by atoms with Crippen molar-refractivity contribution in [2.24, 2.45) is 0 Å². The van der Waals surface area contributed by atoms with Crippen LogP contribution < -0.4 is 0 Å². The van der Waals surface area contributed by atoms with Gasteiger partial charge in [-0.3, -0.25) is 10.1 Å². The zero-order chi connectivity index (χ0) is 10.0. The van der Waals surface area contributed by atoms with Crippen molar-refractivity contribution in [1.82, 2.24) is 0 Å². The van der Waals surface area contributed by atoms with Crippen LogP contribution >= 0.6 is 23.2 Å². The number of hydrogen-bond donors (Lipinski definition) is 0. The number of nitrogens with zero attached hydrogens (tertiary/aromatic N) is 1. The van der Waals surface area contributed by atoms with Crippen molar-refractivity contribution in [2.75, 3.05) is 0 Å². The highest BCUT2D eigenvalue weighted by Crippen LogP contribution is 2.32. The third-order valence-electron chi connectivity index (χ3n) is 1.42. The Kier molecular flexibility index (Phi) is 3.06. The number of alkyl halides is 2. The lowest BCUT2D eigenvalue weighted by molar-refractivity contribution is -0.385. The zero-order valence-electron chi connectivity index (χ0n) is 6.21. The minimum absolute atomic E-state index is 0.0923. The van der Waals surface area contributed by atoms with E-state index in [1.165, 1.54) is 6.07 Å². The number of nitro benzene ring substituents is 1. The summed E-state index contributed by atoms with van der Waals surface area (Å²) in [7, 11) is 0. The van der Waals surface area contributed by atoms with Crippen molar-refractivity contribution < 1.29 is 9.31 Å². The summed E-state index contributed by atoms with van der Waals surface area (Å²) < 4.78 is 12.6. The molecule has 1 aromatic rings. The summed E-state index contributed by atoms with van der Waals surface area (Å²) >= 11 is 10.9. The molecule has 0 saturated heterocycles. The number of rotatable bonds is 2. The highest BCUT2D eigenvalue weighted by molar-refractivity contribution is 6.44. The average molecular weight is 224 g/mol. The van der Waals surface area contributed by atoms with E-state index in [1.54, 1.807) is 0 Å². The molecule has 3 nitrogen and oxygen atoms in total. The highest BCUT2D eigenvalue weighted by Gasteiger charge is 2.19. The van der Waals surface area contributed by atoms with E-state index in [0.717, 1.165) is 12.1 Å². The summed E-state index contributed by atoms with van der Waals surface area (Å²) in [6, 6.07) is 3.05. The molecule has 70 valence electrons. The second kappa shape index (κ2) is 3.89. The predicted molar refractivity (Wildman–Crippen MR) is 47.5 cm³/mol. The van der Waals surface area contributed by atoms with Gasteiger partial charge in [0.1, 0.15) is 10.7 Å². The second-order valence-corrected chi connectivity index (χ2v) is 3.36. The third-order valence-corrected chi connectivity index (χ3v) is 1.89. The van der Waals surface area contributed by atoms with Gasteiger partial charge in [-0.05, 0) is 12.1 Å². The number of nitro groups is 1. The van der Waals surface area contributed by atoms with E-state index in [4.69, 9.17) is 23.2 Å². The van der Waals surface area contributed by atoms with E-state index in [-0.39, 0.29) is 5.56 Å². The van der Waals surface area contributed by atoms with Crippen LogP contribution in [0.1, 0.15) is 10.4 Å². The molecule has 0 aromatic heterocycles. The summed E-state index contributed by atoms with van der Waals surface area (Å²) in [5, 5.41) is 10.4. The molecule has 0 saturated carbocycles. The molecular weight excluding hydrogens is 220 g/mol. The molecule has 13 heavy (non-hydrogen) atoms. The fraction of sp³-hybridized carbons (Fsp3) is 0.143. The van der Waals surface area contributed by atoms with Gasteiger partial charge < -0.3 is 0 Å². The molecule has 0 amide bonds. The molecule has 0 atom stereocenters. The van der Waals surface area contributed by atoms with Crippen molar-refractivity contribution >= 4 is 28.9 Å². The van der Waals surface area contributed by atoms with Crippen LogP contribution in [0.4, 0.5) is 10.1 Å². The third kappa shape index (κ3) is 2.29. The van der Waals surface area contributed by atoms with Gasteiger partial charge in [0.05, 0.1) is 16.6 Å². The first-order valence-electron chi connectivity index (χ1n) is 3.24. The van der Waals surface area contributed by atoms with E-state index in [1.807, 2.05) is 0 Å². The summed E-state index contributed by atoms with van der Waals surface area (Å²) in [4.78, 5) is 8.65. The second-order valence-electron chi connectivity index (χ2n) is 2.26. The molecule has 0 aliphatic rings. The summed E-state index contributed by atoms with van der Waals surface area (Å²) in [6.45, 7) is 0. The number of halogens is 3. The molecule has 0 aliphatic carbocycles. The smallest absolute Gasteiger partial charge is 0.258 e. The van der Waals surface area contributed by atoms with Crippen LogP contribution in [0.15, 0.2) is 18.2 Å². The van der Waals surface area contributed by atoms with E-state index in [9.17, 15) is 14.5 Å². The minimum atomic E-state index is -1.03. The van der Waals surface area contributed by atoms with Crippen molar-refractivity contribution in [2.45, 2.75) is 4.84 Å². The van der Waals surface area contributed by atoms with Gasteiger partial charge in [0.15, 0.2) is 0 Å². The normalized spacial score (nSPS) is 10.5. The zero-order valence-corrected chi connectivity index (χ0v) is 7.72. The quantitative estimate of drug-likeness (QED) is 0.439. The molecule has 6 heteroatoms. The van der Waals surface area contributed by atoms with Gasteiger partial charge in [-0.1, -0.05) is 23.2 Å². The lowest BCUT2D eigenvalue weighted by atomic mass is 10.2. The van der Waals surface area contributed by atoms with Gasteiger partial charge in [-0.2, -0.15) is 0 Å². The van der Waals surface area contributed by atoms with Crippen molar-refractivity contribution in [3.8, 4) is 0 Å². The molecule has 0 heterocycles. The molecule has 0 fully saturated rings. The standard InChI is InChI=1S/C7H4Cl2FNO2/c8-7(9)5-2-1-4(10)3-6(5)11(12)13/h1-3,7H. The topological polar surface area (TPSA) is 43.1 Å². The average Bonchev–Trinajstić information content (AvgIpc) is 2.03. The Bertz CT molecular complexity index is 343. The maximum atomic E-state index is 12.6. The van der Waals surface area contributed by atoms with Crippen molar-refractivity contribution in [3.05, 3.63) is 39.7 Å². The predicted octanol–water partition coefficient (Wildman–Crippen LogP) is 3.21. The van der Waals surface area contributed by atoms with Crippen LogP contribution in [-0.2, 0) is 0 Å². The van der Waals surface area contributed by atoms with Crippen molar-refractivity contribution in [1.29, 1.82) is 0 Å². The van der Waals surface area contributed by atoms with Gasteiger partial charge in [0.2, 0.25) is 0 Å². The molecule has 0 aliphatic heterocycles. The Morgan fingerprint density at radius 1 is 1.46 bits per heavy atom. The summed E-state index contributed by atoms with van der Waals surface area (Å²) in [5.74, 6) is -0.690. The first kappa shape index (κ1) is 10.2. The maximum absolute atomic E-state index is 12.6. The molecule has 0 unspecified atom stereocenters. The maximum Gasteiger partial charge on any atom is 0.278 e. The number of hydrogen-bond acceptors (Lipinski definition) is 2. The molecular formula is C7H4Cl2FNO2. The Morgan fingerprint density at radius 2 is 2.08 bits per heavy atom. The Hall–Kier alpha value is -0.870. The Labute approximate surface area is 83.2 Å². The fourth-order valence-electron chi connectivity index (χ4n) is 0.859. The van der Waals surface area contributed by atoms with Crippen molar-refractivity contribution in [3.63, 3.8) is 0 Å². The van der Waals surface area contributed by atoms with E-state index in [0.29, 0.717) is 0 Å². The summed E-state index contributed by atoms with van der Waals surface area (Å²) in [5.41, 5.74) is -0.315. The molecule has 0 spiro atoms. The van der Waals surface area contributed by atoms with Crippen LogP contribution in [0.2, 0.25) is 0 Å². The molecule has 1 rings (SSSR count). The van der Waals surface area contributed by atoms with Crippen LogP contribution in [0.25, 0.3) is 0 Å². The van der Waals surface area contributed by atoms with Crippen LogP contribution in [-0.4, -0.2) is 4.92 Å².